The Bertz CT molecular complexity index is 1230. The monoisotopic (exact) mass is 500 g/mol. The van der Waals surface area contributed by atoms with Crippen LogP contribution < -0.4 is 15.4 Å². The Kier molecular flexibility index (Phi) is 6.36. The summed E-state index contributed by atoms with van der Waals surface area (Å²) in [5.74, 6) is -1.37. The number of carbonyl (C=O) groups excluding carboxylic acids is 1. The van der Waals surface area contributed by atoms with Crippen molar-refractivity contribution in [3.63, 3.8) is 0 Å². The maximum Gasteiger partial charge on any atom is 0.319 e. The van der Waals surface area contributed by atoms with Gasteiger partial charge in [0.1, 0.15) is 5.82 Å². The molecule has 0 aliphatic rings. The molecule has 162 valence electrons. The molecule has 8 nitrogen and oxygen atoms in total. The van der Waals surface area contributed by atoms with Gasteiger partial charge in [0.2, 0.25) is 11.7 Å². The predicted octanol–water partition coefficient (Wildman–Crippen LogP) is 5.02. The average molecular weight is 501 g/mol. The molecule has 2 aromatic carbocycles. The highest BCUT2D eigenvalue weighted by Gasteiger charge is 2.11. The predicted molar refractivity (Wildman–Crippen MR) is 116 cm³/mol. The van der Waals surface area contributed by atoms with Crippen LogP contribution in [0, 0.1) is 11.6 Å². The van der Waals surface area contributed by atoms with E-state index in [1.807, 2.05) is 24.3 Å². The molecular formula is C21H15BrF2N6O2. The Morgan fingerprint density at radius 3 is 2.66 bits per heavy atom. The Balaban J connectivity index is 1.30. The van der Waals surface area contributed by atoms with E-state index in [0.29, 0.717) is 17.3 Å². The van der Waals surface area contributed by atoms with Gasteiger partial charge in [-0.2, -0.15) is 9.49 Å². The number of amides is 2. The van der Waals surface area contributed by atoms with Gasteiger partial charge in [-0.05, 0) is 30.3 Å². The normalized spacial score (nSPS) is 10.6. The van der Waals surface area contributed by atoms with Crippen molar-refractivity contribution in [2.45, 2.75) is 6.54 Å². The lowest BCUT2D eigenvalue weighted by molar-refractivity contribution is 0.251. The van der Waals surface area contributed by atoms with Crippen molar-refractivity contribution in [1.82, 2.24) is 25.5 Å². The Hall–Kier alpha value is -3.86. The minimum Gasteiger partial charge on any atom is -0.436 e. The number of aromatic amines is 1. The zero-order chi connectivity index (χ0) is 22.5. The molecule has 0 spiro atoms. The number of anilines is 1. The number of aromatic nitrogens is 4. The van der Waals surface area contributed by atoms with Gasteiger partial charge in [-0.25, -0.2) is 19.2 Å². The summed E-state index contributed by atoms with van der Waals surface area (Å²) < 4.78 is 33.1. The summed E-state index contributed by atoms with van der Waals surface area (Å²) in [6.45, 7) is 0.128. The number of nitrogens with one attached hydrogen (secondary N) is 3. The number of halogens is 3. The third-order valence-corrected chi connectivity index (χ3v) is 4.70. The molecule has 0 saturated carbocycles. The first-order chi connectivity index (χ1) is 15.5. The van der Waals surface area contributed by atoms with E-state index in [1.165, 1.54) is 30.5 Å². The van der Waals surface area contributed by atoms with Crippen LogP contribution in [0.1, 0.15) is 5.82 Å². The molecule has 0 aliphatic carbocycles. The highest BCUT2D eigenvalue weighted by molar-refractivity contribution is 9.10. The Labute approximate surface area is 189 Å². The zero-order valence-corrected chi connectivity index (χ0v) is 17.9. The largest absolute Gasteiger partial charge is 0.436 e. The van der Waals surface area contributed by atoms with Crippen molar-refractivity contribution in [2.75, 3.05) is 5.32 Å². The lowest BCUT2D eigenvalue weighted by atomic mass is 10.2. The van der Waals surface area contributed by atoms with Crippen LogP contribution >= 0.6 is 15.9 Å². The molecule has 0 saturated heterocycles. The SMILES string of the molecule is O=C(NCc1nc(-c2ccc(Br)cc2)n[nH]1)Nc1ccc(Oc2cccc(F)c2F)nc1. The molecule has 32 heavy (non-hydrogen) atoms. The first kappa shape index (κ1) is 21.4. The van der Waals surface area contributed by atoms with Crippen LogP contribution in [0.3, 0.4) is 0 Å². The van der Waals surface area contributed by atoms with Crippen molar-refractivity contribution in [3.05, 3.63) is 82.7 Å². The number of ether oxygens (including phenoxy) is 1. The van der Waals surface area contributed by atoms with Crippen molar-refractivity contribution in [3.8, 4) is 23.0 Å². The lowest BCUT2D eigenvalue weighted by Crippen LogP contribution is -2.28. The summed E-state index contributed by atoms with van der Waals surface area (Å²) in [5.41, 5.74) is 1.22. The molecule has 2 heterocycles. The van der Waals surface area contributed by atoms with Gasteiger partial charge in [-0.15, -0.1) is 0 Å². The van der Waals surface area contributed by atoms with E-state index in [4.69, 9.17) is 4.74 Å². The lowest BCUT2D eigenvalue weighted by Gasteiger charge is -2.08. The smallest absolute Gasteiger partial charge is 0.319 e. The summed E-state index contributed by atoms with van der Waals surface area (Å²) in [5, 5.41) is 12.2. The van der Waals surface area contributed by atoms with Gasteiger partial charge in [-0.3, -0.25) is 5.10 Å². The Morgan fingerprint density at radius 1 is 1.09 bits per heavy atom. The Morgan fingerprint density at radius 2 is 1.91 bits per heavy atom. The molecule has 11 heteroatoms. The zero-order valence-electron chi connectivity index (χ0n) is 16.3. The van der Waals surface area contributed by atoms with Crippen LogP contribution in [0.15, 0.2) is 65.3 Å². The van der Waals surface area contributed by atoms with Crippen molar-refractivity contribution >= 4 is 27.6 Å². The first-order valence-electron chi connectivity index (χ1n) is 9.28. The van der Waals surface area contributed by atoms with E-state index in [2.05, 4.69) is 46.7 Å². The molecule has 0 atom stereocenters. The summed E-state index contributed by atoms with van der Waals surface area (Å²) >= 11 is 3.37. The topological polar surface area (TPSA) is 105 Å². The second kappa shape index (κ2) is 9.52. The van der Waals surface area contributed by atoms with Gasteiger partial charge in [0.15, 0.2) is 17.4 Å². The second-order valence-electron chi connectivity index (χ2n) is 6.46. The third-order valence-electron chi connectivity index (χ3n) is 4.18. The number of hydrogen-bond acceptors (Lipinski definition) is 5. The molecule has 4 aromatic rings. The van der Waals surface area contributed by atoms with Gasteiger partial charge in [0.05, 0.1) is 18.4 Å². The van der Waals surface area contributed by atoms with Gasteiger partial charge in [0, 0.05) is 16.1 Å². The summed E-state index contributed by atoms with van der Waals surface area (Å²) in [6.07, 6.45) is 1.33. The molecule has 3 N–H and O–H groups in total. The summed E-state index contributed by atoms with van der Waals surface area (Å²) in [7, 11) is 0. The fraction of sp³-hybridized carbons (Fsp3) is 0.0476. The van der Waals surface area contributed by atoms with Gasteiger partial charge in [-0.1, -0.05) is 34.1 Å². The van der Waals surface area contributed by atoms with Crippen molar-refractivity contribution in [1.29, 1.82) is 0 Å². The van der Waals surface area contributed by atoms with E-state index < -0.39 is 17.7 Å². The number of hydrogen-bond donors (Lipinski definition) is 3. The van der Waals surface area contributed by atoms with Gasteiger partial charge in [0.25, 0.3) is 0 Å². The third kappa shape index (κ3) is 5.24. The minimum atomic E-state index is -1.11. The number of benzene rings is 2. The van der Waals surface area contributed by atoms with Crippen molar-refractivity contribution < 1.29 is 18.3 Å². The van der Waals surface area contributed by atoms with Crippen LogP contribution in [0.5, 0.6) is 11.6 Å². The van der Waals surface area contributed by atoms with Crippen molar-refractivity contribution in [2.24, 2.45) is 0 Å². The highest BCUT2D eigenvalue weighted by Crippen LogP contribution is 2.25. The molecule has 4 rings (SSSR count). The maximum absolute atomic E-state index is 13.7. The van der Waals surface area contributed by atoms with E-state index in [-0.39, 0.29) is 18.2 Å². The second-order valence-corrected chi connectivity index (χ2v) is 7.38. The molecule has 0 unspecified atom stereocenters. The number of rotatable bonds is 6. The molecular weight excluding hydrogens is 486 g/mol. The fourth-order valence-electron chi connectivity index (χ4n) is 2.63. The molecule has 0 bridgehead atoms. The maximum atomic E-state index is 13.7. The number of carbonyl (C=O) groups is 1. The summed E-state index contributed by atoms with van der Waals surface area (Å²) in [4.78, 5) is 20.4. The number of urea groups is 1. The molecule has 0 radical (unpaired) electrons. The van der Waals surface area contributed by atoms with Crippen LogP contribution in [0.2, 0.25) is 0 Å². The quantitative estimate of drug-likeness (QED) is 0.344. The molecule has 0 fully saturated rings. The molecule has 0 aliphatic heterocycles. The number of pyridine rings is 1. The van der Waals surface area contributed by atoms with E-state index >= 15 is 0 Å². The number of nitrogens with zero attached hydrogens (tertiary/aromatic N) is 3. The first-order valence-corrected chi connectivity index (χ1v) is 10.1. The fourth-order valence-corrected chi connectivity index (χ4v) is 2.90. The molecule has 2 aromatic heterocycles. The van der Waals surface area contributed by atoms with Gasteiger partial charge < -0.3 is 15.4 Å². The molecule has 2 amide bonds. The van der Waals surface area contributed by atoms with E-state index in [0.717, 1.165) is 16.1 Å². The standard InChI is InChI=1S/C21H15BrF2N6O2/c22-13-6-4-12(5-7-13)20-28-17(29-30-20)11-26-21(31)27-14-8-9-18(25-10-14)32-16-3-1-2-15(23)19(16)24/h1-10H,11H2,(H2,26,27,31)(H,28,29,30). The number of H-pyrrole nitrogens is 1. The van der Waals surface area contributed by atoms with E-state index in [9.17, 15) is 13.6 Å². The van der Waals surface area contributed by atoms with E-state index in [1.54, 1.807) is 0 Å². The van der Waals surface area contributed by atoms with Gasteiger partial charge >= 0.3 is 6.03 Å². The van der Waals surface area contributed by atoms with Crippen LogP contribution in [-0.2, 0) is 6.54 Å². The summed E-state index contributed by atoms with van der Waals surface area (Å²) in [6, 6.07) is 13.6. The van der Waals surface area contributed by atoms with Crippen LogP contribution in [0.25, 0.3) is 11.4 Å². The minimum absolute atomic E-state index is 0.0441. The van der Waals surface area contributed by atoms with Crippen LogP contribution in [-0.4, -0.2) is 26.2 Å². The average Bonchev–Trinajstić information content (AvgIpc) is 3.26. The highest BCUT2D eigenvalue weighted by atomic mass is 79.9. The van der Waals surface area contributed by atoms with Crippen LogP contribution in [0.4, 0.5) is 19.3 Å².